The Labute approximate surface area is 181 Å². The number of likely N-dealkylation sites (tertiary alicyclic amines) is 1. The van der Waals surface area contributed by atoms with Crippen molar-refractivity contribution < 1.29 is 13.5 Å². The van der Waals surface area contributed by atoms with Crippen LogP contribution in [0, 0.1) is 0 Å². The van der Waals surface area contributed by atoms with E-state index in [0.717, 1.165) is 32.5 Å². The van der Waals surface area contributed by atoms with Crippen molar-refractivity contribution in [3.8, 4) is 5.75 Å². The summed E-state index contributed by atoms with van der Waals surface area (Å²) in [5, 5.41) is 7.02. The number of alkyl halides is 2. The molecule has 5 nitrogen and oxygen atoms in total. The highest BCUT2D eigenvalue weighted by atomic mass is 127. The summed E-state index contributed by atoms with van der Waals surface area (Å²) in [4.78, 5) is 6.69. The van der Waals surface area contributed by atoms with Crippen molar-refractivity contribution in [3.05, 3.63) is 28.8 Å². The first-order chi connectivity index (χ1) is 12.5. The lowest BCUT2D eigenvalue weighted by molar-refractivity contribution is -0.0504. The Balaban J connectivity index is 0.00000364. The SMILES string of the molecule is CCCN1CCC(NC(=NC)NCc2cc(Cl)ccc2OC(F)F)CC1.I. The van der Waals surface area contributed by atoms with Gasteiger partial charge in [-0.2, -0.15) is 8.78 Å². The first-order valence-corrected chi connectivity index (χ1v) is 9.32. The Morgan fingerprint density at radius 1 is 1.37 bits per heavy atom. The summed E-state index contributed by atoms with van der Waals surface area (Å²) in [7, 11) is 1.69. The third-order valence-corrected chi connectivity index (χ3v) is 4.61. The van der Waals surface area contributed by atoms with E-state index in [1.54, 1.807) is 13.1 Å². The van der Waals surface area contributed by atoms with Gasteiger partial charge in [-0.3, -0.25) is 4.99 Å². The second kappa shape index (κ2) is 12.6. The number of guanidine groups is 1. The van der Waals surface area contributed by atoms with E-state index in [4.69, 9.17) is 11.6 Å². The van der Waals surface area contributed by atoms with Crippen molar-refractivity contribution >= 4 is 41.5 Å². The summed E-state index contributed by atoms with van der Waals surface area (Å²) < 4.78 is 29.6. The van der Waals surface area contributed by atoms with Crippen molar-refractivity contribution in [1.82, 2.24) is 15.5 Å². The molecule has 0 spiro atoms. The number of nitrogens with one attached hydrogen (secondary N) is 2. The number of nitrogens with zero attached hydrogens (tertiary/aromatic N) is 2. The van der Waals surface area contributed by atoms with Crippen LogP contribution in [0.3, 0.4) is 0 Å². The number of ether oxygens (including phenoxy) is 1. The largest absolute Gasteiger partial charge is 0.434 e. The quantitative estimate of drug-likeness (QED) is 0.326. The zero-order valence-corrected chi connectivity index (χ0v) is 18.8. The molecule has 1 aromatic rings. The Kier molecular flexibility index (Phi) is 11.2. The van der Waals surface area contributed by atoms with E-state index < -0.39 is 6.61 Å². The summed E-state index contributed by atoms with van der Waals surface area (Å²) >= 11 is 5.98. The van der Waals surface area contributed by atoms with Gasteiger partial charge < -0.3 is 20.3 Å². The zero-order chi connectivity index (χ0) is 18.9. The maximum absolute atomic E-state index is 12.5. The summed E-state index contributed by atoms with van der Waals surface area (Å²) in [6.45, 7) is 2.89. The van der Waals surface area contributed by atoms with Crippen molar-refractivity contribution in [2.24, 2.45) is 4.99 Å². The number of hydrogen-bond donors (Lipinski definition) is 2. The lowest BCUT2D eigenvalue weighted by Gasteiger charge is -2.32. The fraction of sp³-hybridized carbons (Fsp3) is 0.611. The first-order valence-electron chi connectivity index (χ1n) is 8.94. The average Bonchev–Trinajstić information content (AvgIpc) is 2.62. The molecule has 0 radical (unpaired) electrons. The van der Waals surface area contributed by atoms with E-state index in [-0.39, 0.29) is 36.3 Å². The second-order valence-electron chi connectivity index (χ2n) is 6.32. The molecule has 1 aliphatic heterocycles. The van der Waals surface area contributed by atoms with Gasteiger partial charge in [-0.1, -0.05) is 18.5 Å². The Morgan fingerprint density at radius 3 is 2.67 bits per heavy atom. The van der Waals surface area contributed by atoms with Gasteiger partial charge in [0, 0.05) is 43.3 Å². The smallest absolute Gasteiger partial charge is 0.387 e. The van der Waals surface area contributed by atoms with E-state index in [1.807, 2.05) is 0 Å². The molecule has 154 valence electrons. The number of rotatable bonds is 7. The number of piperidine rings is 1. The van der Waals surface area contributed by atoms with Crippen LogP contribution in [0.4, 0.5) is 8.78 Å². The number of hydrogen-bond acceptors (Lipinski definition) is 3. The highest BCUT2D eigenvalue weighted by molar-refractivity contribution is 14.0. The van der Waals surface area contributed by atoms with Crippen LogP contribution in [0.25, 0.3) is 0 Å². The molecule has 0 aliphatic carbocycles. The van der Waals surface area contributed by atoms with Crippen LogP contribution in [0.1, 0.15) is 31.7 Å². The highest BCUT2D eigenvalue weighted by Crippen LogP contribution is 2.24. The summed E-state index contributed by atoms with van der Waals surface area (Å²) in [6.07, 6.45) is 3.28. The Bertz CT molecular complexity index is 599. The minimum Gasteiger partial charge on any atom is -0.434 e. The molecule has 0 unspecified atom stereocenters. The van der Waals surface area contributed by atoms with Gasteiger partial charge >= 0.3 is 6.61 Å². The molecule has 1 fully saturated rings. The van der Waals surface area contributed by atoms with Crippen LogP contribution in [-0.4, -0.2) is 50.2 Å². The van der Waals surface area contributed by atoms with Crippen LogP contribution in [0.15, 0.2) is 23.2 Å². The highest BCUT2D eigenvalue weighted by Gasteiger charge is 2.19. The standard InChI is InChI=1S/C18H27ClF2N4O.HI/c1-3-8-25-9-6-15(7-10-25)24-18(22-2)23-12-13-11-14(19)4-5-16(13)26-17(20)21;/h4-5,11,15,17H,3,6-10,12H2,1-2H3,(H2,22,23,24);1H. The van der Waals surface area contributed by atoms with Gasteiger partial charge in [0.15, 0.2) is 5.96 Å². The molecule has 0 amide bonds. The lowest BCUT2D eigenvalue weighted by atomic mass is 10.1. The fourth-order valence-corrected chi connectivity index (χ4v) is 3.28. The van der Waals surface area contributed by atoms with Gasteiger partial charge in [0.1, 0.15) is 5.75 Å². The third kappa shape index (κ3) is 8.35. The minimum atomic E-state index is -2.87. The van der Waals surface area contributed by atoms with Crippen LogP contribution >= 0.6 is 35.6 Å². The third-order valence-electron chi connectivity index (χ3n) is 4.38. The van der Waals surface area contributed by atoms with E-state index in [0.29, 0.717) is 22.6 Å². The normalized spacial score (nSPS) is 16.1. The predicted molar refractivity (Wildman–Crippen MR) is 117 cm³/mol. The van der Waals surface area contributed by atoms with Crippen molar-refractivity contribution in [2.45, 2.75) is 45.4 Å². The van der Waals surface area contributed by atoms with E-state index >= 15 is 0 Å². The van der Waals surface area contributed by atoms with Gasteiger partial charge in [-0.05, 0) is 44.0 Å². The molecular weight excluding hydrogens is 489 g/mol. The summed E-state index contributed by atoms with van der Waals surface area (Å²) in [5.74, 6) is 0.752. The maximum Gasteiger partial charge on any atom is 0.387 e. The van der Waals surface area contributed by atoms with Crippen LogP contribution < -0.4 is 15.4 Å². The minimum absolute atomic E-state index is 0. The van der Waals surface area contributed by atoms with Crippen LogP contribution in [0.2, 0.25) is 5.02 Å². The van der Waals surface area contributed by atoms with Crippen molar-refractivity contribution in [3.63, 3.8) is 0 Å². The summed E-state index contributed by atoms with van der Waals surface area (Å²) in [6, 6.07) is 4.94. The molecule has 9 heteroatoms. The molecule has 1 aliphatic rings. The van der Waals surface area contributed by atoms with Gasteiger partial charge in [-0.15, -0.1) is 24.0 Å². The van der Waals surface area contributed by atoms with Gasteiger partial charge in [-0.25, -0.2) is 0 Å². The molecule has 0 aromatic heterocycles. The Morgan fingerprint density at radius 2 is 2.07 bits per heavy atom. The van der Waals surface area contributed by atoms with Gasteiger partial charge in [0.2, 0.25) is 0 Å². The van der Waals surface area contributed by atoms with Gasteiger partial charge in [0.05, 0.1) is 0 Å². The number of aliphatic imine (C=N–C) groups is 1. The van der Waals surface area contributed by atoms with Crippen LogP contribution in [-0.2, 0) is 6.54 Å². The molecule has 2 rings (SSSR count). The Hall–Kier alpha value is -0.870. The molecule has 0 atom stereocenters. The van der Waals surface area contributed by atoms with Crippen molar-refractivity contribution in [2.75, 3.05) is 26.7 Å². The van der Waals surface area contributed by atoms with Crippen molar-refractivity contribution in [1.29, 1.82) is 0 Å². The van der Waals surface area contributed by atoms with Crippen LogP contribution in [0.5, 0.6) is 5.75 Å². The number of benzene rings is 1. The average molecular weight is 517 g/mol. The van der Waals surface area contributed by atoms with Gasteiger partial charge in [0.25, 0.3) is 0 Å². The molecular formula is C18H28ClF2IN4O. The summed E-state index contributed by atoms with van der Waals surface area (Å²) in [5.41, 5.74) is 0.554. The van der Waals surface area contributed by atoms with E-state index in [1.165, 1.54) is 18.6 Å². The molecule has 2 N–H and O–H groups in total. The first kappa shape index (κ1) is 24.2. The second-order valence-corrected chi connectivity index (χ2v) is 6.75. The monoisotopic (exact) mass is 516 g/mol. The zero-order valence-electron chi connectivity index (χ0n) is 15.7. The number of halogens is 4. The molecule has 0 saturated carbocycles. The molecule has 0 bridgehead atoms. The van der Waals surface area contributed by atoms with E-state index in [2.05, 4.69) is 32.2 Å². The molecule has 1 saturated heterocycles. The lowest BCUT2D eigenvalue weighted by Crippen LogP contribution is -2.48. The molecule has 27 heavy (non-hydrogen) atoms. The fourth-order valence-electron chi connectivity index (χ4n) is 3.08. The van der Waals surface area contributed by atoms with E-state index in [9.17, 15) is 8.78 Å². The molecule has 1 aromatic carbocycles. The molecule has 1 heterocycles. The maximum atomic E-state index is 12.5. The predicted octanol–water partition coefficient (Wildman–Crippen LogP) is 4.10. The topological polar surface area (TPSA) is 48.9 Å².